The molecule has 1 aromatic heterocycles. The summed E-state index contributed by atoms with van der Waals surface area (Å²) in [5.74, 6) is 0.423. The van der Waals surface area contributed by atoms with E-state index in [1.54, 1.807) is 31.5 Å². The number of para-hydroxylation sites is 1. The van der Waals surface area contributed by atoms with Crippen LogP contribution in [0.15, 0.2) is 35.0 Å². The Bertz CT molecular complexity index is 1100. The van der Waals surface area contributed by atoms with Crippen LogP contribution >= 0.6 is 7.14 Å². The van der Waals surface area contributed by atoms with Gasteiger partial charge < -0.3 is 25.3 Å². The Hall–Kier alpha value is -2.25. The molecule has 1 aromatic carbocycles. The Balaban J connectivity index is 1.66. The van der Waals surface area contributed by atoms with Gasteiger partial charge in [-0.3, -0.25) is 0 Å². The fraction of sp³-hybridized carbons (Fsp3) is 0.476. The first-order valence-electron chi connectivity index (χ1n) is 10.3. The summed E-state index contributed by atoms with van der Waals surface area (Å²) in [6.07, 6.45) is -0.605. The van der Waals surface area contributed by atoms with E-state index in [2.05, 4.69) is 20.6 Å². The van der Waals surface area contributed by atoms with Gasteiger partial charge in [-0.25, -0.2) is 4.99 Å². The molecule has 6 nitrogen and oxygen atoms in total. The average molecular weight is 454 g/mol. The van der Waals surface area contributed by atoms with E-state index in [0.29, 0.717) is 21.8 Å². The summed E-state index contributed by atoms with van der Waals surface area (Å²) in [6.45, 7) is 2.95. The first-order valence-corrected chi connectivity index (χ1v) is 12.9. The van der Waals surface area contributed by atoms with Crippen LogP contribution in [0.1, 0.15) is 24.8 Å². The van der Waals surface area contributed by atoms with Crippen molar-refractivity contribution in [2.45, 2.75) is 31.5 Å². The minimum Gasteiger partial charge on any atom is -0.391 e. The SMILES string of the molecule is CP(C)(=O)c1cccc2c(C3=C(C(F)(F)F)CN=C(NCC(O)C4CCC4)N3)c[nH]c12. The topological polar surface area (TPSA) is 89.5 Å². The minimum absolute atomic E-state index is 0.0893. The Morgan fingerprint density at radius 3 is 2.68 bits per heavy atom. The van der Waals surface area contributed by atoms with E-state index < -0.39 is 31.5 Å². The highest BCUT2D eigenvalue weighted by atomic mass is 31.2. The van der Waals surface area contributed by atoms with E-state index >= 15 is 0 Å². The summed E-state index contributed by atoms with van der Waals surface area (Å²) in [4.78, 5) is 7.01. The number of aliphatic hydroxyl groups excluding tert-OH is 1. The summed E-state index contributed by atoms with van der Waals surface area (Å²) in [5, 5.41) is 17.1. The number of nitrogens with zero attached hydrogens (tertiary/aromatic N) is 1. The van der Waals surface area contributed by atoms with Crippen LogP contribution in [0, 0.1) is 5.92 Å². The number of hydrogen-bond donors (Lipinski definition) is 4. The number of nitrogens with one attached hydrogen (secondary N) is 3. The predicted molar refractivity (Wildman–Crippen MR) is 117 cm³/mol. The van der Waals surface area contributed by atoms with Crippen molar-refractivity contribution in [1.82, 2.24) is 15.6 Å². The van der Waals surface area contributed by atoms with Gasteiger partial charge in [-0.05, 0) is 38.2 Å². The van der Waals surface area contributed by atoms with Crippen LogP contribution in [-0.2, 0) is 4.57 Å². The lowest BCUT2D eigenvalue weighted by atomic mass is 9.81. The third kappa shape index (κ3) is 4.39. The van der Waals surface area contributed by atoms with E-state index in [1.165, 1.54) is 6.20 Å². The molecule has 1 saturated carbocycles. The van der Waals surface area contributed by atoms with Crippen LogP contribution in [-0.4, -0.2) is 54.7 Å². The number of guanidine groups is 1. The van der Waals surface area contributed by atoms with Crippen LogP contribution in [0.25, 0.3) is 16.6 Å². The molecular formula is C21H26F3N4O2P. The normalized spacial score (nSPS) is 19.1. The largest absolute Gasteiger partial charge is 0.416 e. The summed E-state index contributed by atoms with van der Waals surface area (Å²) < 4.78 is 54.0. The number of hydrogen-bond acceptors (Lipinski definition) is 5. The molecule has 2 aliphatic rings. The second-order valence-electron chi connectivity index (χ2n) is 8.53. The number of halogens is 3. The van der Waals surface area contributed by atoms with E-state index in [4.69, 9.17) is 0 Å². The van der Waals surface area contributed by atoms with Crippen LogP contribution in [0.4, 0.5) is 13.2 Å². The fourth-order valence-corrected chi connectivity index (χ4v) is 5.19. The van der Waals surface area contributed by atoms with Crippen LogP contribution < -0.4 is 15.9 Å². The monoisotopic (exact) mass is 454 g/mol. The van der Waals surface area contributed by atoms with Crippen LogP contribution in [0.2, 0.25) is 0 Å². The molecule has 168 valence electrons. The number of fused-ring (bicyclic) bond motifs is 1. The second kappa shape index (κ2) is 8.02. The highest BCUT2D eigenvalue weighted by Gasteiger charge is 2.39. The Morgan fingerprint density at radius 2 is 2.06 bits per heavy atom. The van der Waals surface area contributed by atoms with Crippen molar-refractivity contribution in [1.29, 1.82) is 0 Å². The smallest absolute Gasteiger partial charge is 0.391 e. The summed E-state index contributed by atoms with van der Waals surface area (Å²) in [6, 6.07) is 5.14. The lowest BCUT2D eigenvalue weighted by molar-refractivity contribution is -0.0918. The van der Waals surface area contributed by atoms with Crippen molar-refractivity contribution in [2.75, 3.05) is 26.4 Å². The molecule has 2 aromatic rings. The number of alkyl halides is 3. The maximum Gasteiger partial charge on any atom is 0.416 e. The number of aliphatic hydroxyl groups is 1. The molecule has 1 atom stereocenters. The molecular weight excluding hydrogens is 428 g/mol. The first kappa shape index (κ1) is 22.0. The highest BCUT2D eigenvalue weighted by molar-refractivity contribution is 7.70. The lowest BCUT2D eigenvalue weighted by Gasteiger charge is -2.31. The predicted octanol–water partition coefficient (Wildman–Crippen LogP) is 3.40. The Morgan fingerprint density at radius 1 is 1.32 bits per heavy atom. The van der Waals surface area contributed by atoms with Crippen molar-refractivity contribution in [3.05, 3.63) is 35.5 Å². The number of rotatable bonds is 5. The quantitative estimate of drug-likeness (QED) is 0.522. The van der Waals surface area contributed by atoms with Gasteiger partial charge in [-0.2, -0.15) is 13.2 Å². The van der Waals surface area contributed by atoms with Crippen molar-refractivity contribution in [2.24, 2.45) is 10.9 Å². The van der Waals surface area contributed by atoms with Crippen molar-refractivity contribution >= 4 is 35.0 Å². The zero-order valence-corrected chi connectivity index (χ0v) is 18.3. The van der Waals surface area contributed by atoms with Gasteiger partial charge in [0.2, 0.25) is 0 Å². The molecule has 1 aliphatic heterocycles. The first-order chi connectivity index (χ1) is 14.6. The maximum atomic E-state index is 13.8. The van der Waals surface area contributed by atoms with Gasteiger partial charge in [-0.1, -0.05) is 18.6 Å². The molecule has 0 radical (unpaired) electrons. The summed E-state index contributed by atoms with van der Waals surface area (Å²) >= 11 is 0. The van der Waals surface area contributed by atoms with Gasteiger partial charge in [0, 0.05) is 29.0 Å². The van der Waals surface area contributed by atoms with Gasteiger partial charge in [0.15, 0.2) is 5.96 Å². The van der Waals surface area contributed by atoms with E-state index in [-0.39, 0.29) is 24.1 Å². The number of aromatic nitrogens is 1. The second-order valence-corrected chi connectivity index (χ2v) is 11.7. The zero-order chi connectivity index (χ0) is 22.4. The minimum atomic E-state index is -4.56. The van der Waals surface area contributed by atoms with Gasteiger partial charge in [-0.15, -0.1) is 0 Å². The molecule has 0 spiro atoms. The lowest BCUT2D eigenvalue weighted by Crippen LogP contribution is -2.45. The molecule has 1 unspecified atom stereocenters. The molecule has 1 aliphatic carbocycles. The molecule has 31 heavy (non-hydrogen) atoms. The Labute approximate surface area is 178 Å². The molecule has 0 amide bonds. The van der Waals surface area contributed by atoms with Crippen LogP contribution in [0.3, 0.4) is 0 Å². The molecule has 4 rings (SSSR count). The zero-order valence-electron chi connectivity index (χ0n) is 17.4. The molecule has 0 bridgehead atoms. The standard InChI is InChI=1S/C21H26F3N4O2P/c1-31(2,30)17-8-4-7-13-14(9-25-19(13)17)18-15(21(22,23)24)10-26-20(28-18)27-11-16(29)12-5-3-6-12/h4,7-9,12,16,25,29H,3,5-6,10-11H2,1-2H3,(H2,26,27,28). The molecule has 4 N–H and O–H groups in total. The molecule has 0 saturated heterocycles. The van der Waals surface area contributed by atoms with E-state index in [1.807, 2.05) is 0 Å². The summed E-state index contributed by atoms with van der Waals surface area (Å²) in [7, 11) is -2.63. The van der Waals surface area contributed by atoms with Crippen molar-refractivity contribution in [3.63, 3.8) is 0 Å². The Kier molecular flexibility index (Phi) is 5.68. The average Bonchev–Trinajstić information content (AvgIpc) is 3.07. The van der Waals surface area contributed by atoms with E-state index in [9.17, 15) is 22.8 Å². The third-order valence-electron chi connectivity index (χ3n) is 6.00. The highest BCUT2D eigenvalue weighted by Crippen LogP contribution is 2.40. The maximum absolute atomic E-state index is 13.8. The van der Waals surface area contributed by atoms with Crippen molar-refractivity contribution in [3.8, 4) is 0 Å². The number of H-pyrrole nitrogens is 1. The molecule has 2 heterocycles. The summed E-state index contributed by atoms with van der Waals surface area (Å²) in [5.41, 5.74) is 0.0408. The number of aliphatic imine (C=N–C) groups is 1. The van der Waals surface area contributed by atoms with Gasteiger partial charge in [0.05, 0.1) is 29.4 Å². The number of aromatic amines is 1. The number of benzene rings is 1. The fourth-order valence-electron chi connectivity index (χ4n) is 4.02. The van der Waals surface area contributed by atoms with Gasteiger partial charge in [0.25, 0.3) is 0 Å². The molecule has 1 fully saturated rings. The third-order valence-corrected chi connectivity index (χ3v) is 7.53. The van der Waals surface area contributed by atoms with Crippen molar-refractivity contribution < 1.29 is 22.8 Å². The van der Waals surface area contributed by atoms with Crippen LogP contribution in [0.5, 0.6) is 0 Å². The van der Waals surface area contributed by atoms with Gasteiger partial charge in [0.1, 0.15) is 7.14 Å². The van der Waals surface area contributed by atoms with Gasteiger partial charge >= 0.3 is 6.18 Å². The van der Waals surface area contributed by atoms with E-state index in [0.717, 1.165) is 19.3 Å². The molecule has 10 heteroatoms.